The topological polar surface area (TPSA) is 42.9 Å². The van der Waals surface area contributed by atoms with E-state index in [0.29, 0.717) is 6.04 Å². The Labute approximate surface area is 171 Å². The Morgan fingerprint density at radius 1 is 1.33 bits per heavy atom. The molecule has 1 heterocycles. The van der Waals surface area contributed by atoms with E-state index in [9.17, 15) is 0 Å². The Balaban J connectivity index is 0.00000288. The van der Waals surface area contributed by atoms with Gasteiger partial charge in [-0.1, -0.05) is 15.9 Å². The number of hydrogen-bond donors (Lipinski definition) is 2. The van der Waals surface area contributed by atoms with E-state index in [4.69, 9.17) is 0 Å². The summed E-state index contributed by atoms with van der Waals surface area (Å²) in [4.78, 5) is 8.95. The first-order chi connectivity index (χ1) is 11.1. The summed E-state index contributed by atoms with van der Waals surface area (Å²) in [7, 11) is 6.04. The average molecular weight is 510 g/mol. The third kappa shape index (κ3) is 7.14. The Morgan fingerprint density at radius 2 is 2.04 bits per heavy atom. The van der Waals surface area contributed by atoms with Crippen LogP contribution in [0.15, 0.2) is 33.7 Å². The molecule has 1 atom stereocenters. The van der Waals surface area contributed by atoms with Gasteiger partial charge in [0.2, 0.25) is 0 Å². The summed E-state index contributed by atoms with van der Waals surface area (Å²) in [5.41, 5.74) is 1.28. The average Bonchev–Trinajstić information content (AvgIpc) is 2.99. The predicted octanol–water partition coefficient (Wildman–Crippen LogP) is 2.76. The highest BCUT2D eigenvalue weighted by Crippen LogP contribution is 2.22. The second-order valence-electron chi connectivity index (χ2n) is 6.21. The molecule has 0 aromatic heterocycles. The molecule has 1 aromatic rings. The van der Waals surface area contributed by atoms with Crippen LogP contribution in [0.25, 0.3) is 0 Å². The molecule has 2 N–H and O–H groups in total. The van der Waals surface area contributed by atoms with Gasteiger partial charge in [-0.15, -0.1) is 24.0 Å². The van der Waals surface area contributed by atoms with E-state index in [0.717, 1.165) is 49.5 Å². The lowest BCUT2D eigenvalue weighted by molar-refractivity contribution is 0.399. The molecule has 1 saturated heterocycles. The lowest BCUT2D eigenvalue weighted by Crippen LogP contribution is -2.45. The SMILES string of the molecule is CN=C(NCCCN(C)C)NC1CCN(c2ccc(Br)cc2)C1.I. The highest BCUT2D eigenvalue weighted by Gasteiger charge is 2.23. The largest absolute Gasteiger partial charge is 0.369 e. The second-order valence-corrected chi connectivity index (χ2v) is 7.12. The second kappa shape index (κ2) is 11.1. The molecule has 5 nitrogen and oxygen atoms in total. The van der Waals surface area contributed by atoms with Gasteiger partial charge < -0.3 is 20.4 Å². The highest BCUT2D eigenvalue weighted by molar-refractivity contribution is 14.0. The van der Waals surface area contributed by atoms with Gasteiger partial charge >= 0.3 is 0 Å². The zero-order valence-electron chi connectivity index (χ0n) is 14.8. The van der Waals surface area contributed by atoms with Crippen molar-refractivity contribution in [2.75, 3.05) is 52.2 Å². The van der Waals surface area contributed by atoms with Crippen LogP contribution in [0.4, 0.5) is 5.69 Å². The fourth-order valence-corrected chi connectivity index (χ4v) is 3.02. The maximum atomic E-state index is 4.33. The zero-order chi connectivity index (χ0) is 16.7. The molecule has 2 rings (SSSR count). The molecule has 136 valence electrons. The van der Waals surface area contributed by atoms with E-state index in [2.05, 4.69) is 79.7 Å². The Kier molecular flexibility index (Phi) is 9.99. The number of guanidine groups is 1. The number of aliphatic imine (C=N–C) groups is 1. The van der Waals surface area contributed by atoms with Crippen molar-refractivity contribution in [1.82, 2.24) is 15.5 Å². The minimum absolute atomic E-state index is 0. The molecule has 1 aliphatic heterocycles. The van der Waals surface area contributed by atoms with Gasteiger partial charge in [0, 0.05) is 42.9 Å². The van der Waals surface area contributed by atoms with Gasteiger partial charge in [0.05, 0.1) is 0 Å². The maximum Gasteiger partial charge on any atom is 0.191 e. The van der Waals surface area contributed by atoms with Crippen molar-refractivity contribution < 1.29 is 0 Å². The third-order valence-electron chi connectivity index (χ3n) is 4.02. The summed E-state index contributed by atoms with van der Waals surface area (Å²) in [5.74, 6) is 0.909. The van der Waals surface area contributed by atoms with Gasteiger partial charge in [0.1, 0.15) is 0 Å². The summed E-state index contributed by atoms with van der Waals surface area (Å²) >= 11 is 3.49. The molecule has 0 bridgehead atoms. The van der Waals surface area contributed by atoms with Crippen molar-refractivity contribution in [3.05, 3.63) is 28.7 Å². The van der Waals surface area contributed by atoms with Crippen molar-refractivity contribution in [2.45, 2.75) is 18.9 Å². The van der Waals surface area contributed by atoms with Crippen LogP contribution in [0.5, 0.6) is 0 Å². The molecule has 1 fully saturated rings. The van der Waals surface area contributed by atoms with Crippen LogP contribution in [0.3, 0.4) is 0 Å². The fourth-order valence-electron chi connectivity index (χ4n) is 2.75. The van der Waals surface area contributed by atoms with Gasteiger partial charge in [-0.2, -0.15) is 0 Å². The molecule has 0 radical (unpaired) electrons. The fraction of sp³-hybridized carbons (Fsp3) is 0.588. The van der Waals surface area contributed by atoms with E-state index < -0.39 is 0 Å². The van der Waals surface area contributed by atoms with Crippen LogP contribution in [0.1, 0.15) is 12.8 Å². The van der Waals surface area contributed by atoms with Crippen LogP contribution < -0.4 is 15.5 Å². The van der Waals surface area contributed by atoms with Gasteiger partial charge in [-0.25, -0.2) is 0 Å². The minimum Gasteiger partial charge on any atom is -0.369 e. The van der Waals surface area contributed by atoms with E-state index in [1.807, 2.05) is 7.05 Å². The van der Waals surface area contributed by atoms with Gasteiger partial charge in [0.15, 0.2) is 5.96 Å². The first-order valence-corrected chi connectivity index (χ1v) is 9.00. The van der Waals surface area contributed by atoms with E-state index >= 15 is 0 Å². The Morgan fingerprint density at radius 3 is 2.67 bits per heavy atom. The van der Waals surface area contributed by atoms with Crippen LogP contribution in [-0.4, -0.2) is 64.2 Å². The minimum atomic E-state index is 0. The molecule has 24 heavy (non-hydrogen) atoms. The van der Waals surface area contributed by atoms with E-state index in [1.54, 1.807) is 0 Å². The van der Waals surface area contributed by atoms with Gasteiger partial charge in [0.25, 0.3) is 0 Å². The van der Waals surface area contributed by atoms with Gasteiger partial charge in [-0.05, 0) is 57.7 Å². The quantitative estimate of drug-likeness (QED) is 0.268. The van der Waals surface area contributed by atoms with Crippen LogP contribution in [0.2, 0.25) is 0 Å². The third-order valence-corrected chi connectivity index (χ3v) is 4.55. The summed E-state index contributed by atoms with van der Waals surface area (Å²) < 4.78 is 1.12. The smallest absolute Gasteiger partial charge is 0.191 e. The number of benzene rings is 1. The molecular formula is C17H29BrIN5. The number of rotatable bonds is 6. The standard InChI is InChI=1S/C17H28BrN5.HI/c1-19-17(20-10-4-11-22(2)3)21-15-9-12-23(13-15)16-7-5-14(18)6-8-16;/h5-8,15H,4,9-13H2,1-3H3,(H2,19,20,21);1H. The molecule has 0 amide bonds. The Bertz CT molecular complexity index is 506. The van der Waals surface area contributed by atoms with Crippen molar-refractivity contribution in [1.29, 1.82) is 0 Å². The van der Waals surface area contributed by atoms with Crippen LogP contribution >= 0.6 is 39.9 Å². The predicted molar refractivity (Wildman–Crippen MR) is 118 cm³/mol. The number of nitrogens with one attached hydrogen (secondary N) is 2. The first-order valence-electron chi connectivity index (χ1n) is 8.21. The van der Waals surface area contributed by atoms with E-state index in [1.165, 1.54) is 5.69 Å². The highest BCUT2D eigenvalue weighted by atomic mass is 127. The molecule has 1 aromatic carbocycles. The van der Waals surface area contributed by atoms with Crippen molar-refractivity contribution in [3.8, 4) is 0 Å². The number of anilines is 1. The molecule has 0 spiro atoms. The summed E-state index contributed by atoms with van der Waals surface area (Å²) in [6.07, 6.45) is 2.25. The maximum absolute atomic E-state index is 4.33. The van der Waals surface area contributed by atoms with Crippen LogP contribution in [-0.2, 0) is 0 Å². The molecule has 0 aliphatic carbocycles. The molecule has 1 aliphatic rings. The molecule has 1 unspecified atom stereocenters. The number of nitrogens with zero attached hydrogens (tertiary/aromatic N) is 3. The summed E-state index contributed by atoms with van der Waals surface area (Å²) in [5, 5.41) is 6.94. The number of hydrogen-bond acceptors (Lipinski definition) is 3. The normalized spacial score (nSPS) is 17.8. The summed E-state index contributed by atoms with van der Waals surface area (Å²) in [6.45, 7) is 4.13. The van der Waals surface area contributed by atoms with E-state index in [-0.39, 0.29) is 24.0 Å². The lowest BCUT2D eigenvalue weighted by atomic mass is 10.2. The molecule has 0 saturated carbocycles. The lowest BCUT2D eigenvalue weighted by Gasteiger charge is -2.20. The zero-order valence-corrected chi connectivity index (χ0v) is 18.7. The number of halogens is 2. The molecular weight excluding hydrogens is 481 g/mol. The van der Waals surface area contributed by atoms with Gasteiger partial charge in [-0.3, -0.25) is 4.99 Å². The van der Waals surface area contributed by atoms with Crippen molar-refractivity contribution >= 4 is 51.6 Å². The first kappa shape index (κ1) is 21.5. The molecule has 7 heteroatoms. The monoisotopic (exact) mass is 509 g/mol. The van der Waals surface area contributed by atoms with Crippen molar-refractivity contribution in [3.63, 3.8) is 0 Å². The summed E-state index contributed by atoms with van der Waals surface area (Å²) in [6, 6.07) is 8.98. The van der Waals surface area contributed by atoms with Crippen LogP contribution in [0, 0.1) is 0 Å². The Hall–Kier alpha value is -0.540. The van der Waals surface area contributed by atoms with Crippen molar-refractivity contribution in [2.24, 2.45) is 4.99 Å².